The van der Waals surface area contributed by atoms with E-state index in [0.29, 0.717) is 0 Å². The fourth-order valence-corrected chi connectivity index (χ4v) is 1.37. The molecule has 0 saturated heterocycles. The van der Waals surface area contributed by atoms with Crippen LogP contribution in [-0.2, 0) is 0 Å². The Labute approximate surface area is 76.9 Å². The van der Waals surface area contributed by atoms with Crippen LogP contribution in [0.2, 0.25) is 0 Å². The molecule has 0 amide bonds. The highest BCUT2D eigenvalue weighted by Gasteiger charge is 1.92. The molecule has 0 aromatic heterocycles. The Hall–Kier alpha value is 0.430. The summed E-state index contributed by atoms with van der Waals surface area (Å²) in [6.45, 7) is 3.80. The third-order valence-corrected chi connectivity index (χ3v) is 3.31. The van der Waals surface area contributed by atoms with E-state index in [2.05, 4.69) is 45.4 Å². The maximum absolute atomic E-state index is 3.80. The van der Waals surface area contributed by atoms with Crippen LogP contribution in [0.25, 0.3) is 0 Å². The summed E-state index contributed by atoms with van der Waals surface area (Å²) in [5, 5.41) is 0. The van der Waals surface area contributed by atoms with Crippen molar-refractivity contribution in [3.05, 3.63) is 38.7 Å². The van der Waals surface area contributed by atoms with Crippen molar-refractivity contribution in [2.45, 2.75) is 0 Å². The monoisotopic (exact) mass is 295 g/mol. The van der Waals surface area contributed by atoms with Crippen LogP contribution in [0.1, 0.15) is 5.56 Å². The average molecular weight is 296 g/mol. The fraction of sp³-hybridized carbons (Fsp3) is 0. The zero-order valence-electron chi connectivity index (χ0n) is 4.70. The minimum atomic E-state index is 1.06. The molecule has 0 heterocycles. The molecule has 0 aliphatic heterocycles. The van der Waals surface area contributed by atoms with Gasteiger partial charge in [0.2, 0.25) is 0 Å². The van der Waals surface area contributed by atoms with Crippen LogP contribution in [0.4, 0.5) is 0 Å². The molecule has 9 heavy (non-hydrogen) atoms. The van der Waals surface area contributed by atoms with Gasteiger partial charge in [-0.3, -0.25) is 0 Å². The van der Waals surface area contributed by atoms with Crippen LogP contribution in [0.3, 0.4) is 0 Å². The maximum atomic E-state index is 3.80. The van der Waals surface area contributed by atoms with Gasteiger partial charge < -0.3 is 0 Å². The van der Waals surface area contributed by atoms with E-state index in [1.807, 2.05) is 18.2 Å². The highest BCUT2D eigenvalue weighted by Crippen LogP contribution is 2.19. The van der Waals surface area contributed by atoms with Gasteiger partial charge in [-0.2, -0.15) is 0 Å². The van der Waals surface area contributed by atoms with Crippen LogP contribution >= 0.6 is 38.5 Å². The van der Waals surface area contributed by atoms with Crippen LogP contribution in [0, 0.1) is 10.5 Å². The zero-order valence-corrected chi connectivity index (χ0v) is 8.44. The summed E-state index contributed by atoms with van der Waals surface area (Å²) in [7, 11) is 0. The largest absolute Gasteiger partial charge is 0.0578 e. The van der Waals surface area contributed by atoms with Gasteiger partial charge in [-0.25, -0.2) is 0 Å². The average Bonchev–Trinajstić information content (AvgIpc) is 1.80. The van der Waals surface area contributed by atoms with Crippen molar-refractivity contribution >= 4 is 38.5 Å². The maximum Gasteiger partial charge on any atom is 0.0309 e. The predicted octanol–water partition coefficient (Wildman–Crippen LogP) is 3.24. The minimum Gasteiger partial charge on any atom is -0.0578 e. The molecule has 0 spiro atoms. The Kier molecular flexibility index (Phi) is 2.52. The van der Waals surface area contributed by atoms with E-state index in [0.717, 1.165) is 10.0 Å². The van der Waals surface area contributed by atoms with Crippen molar-refractivity contribution in [3.8, 4) is 0 Å². The van der Waals surface area contributed by atoms with Crippen LogP contribution in [0.15, 0.2) is 22.7 Å². The third-order valence-electron chi connectivity index (χ3n) is 0.984. The molecule has 47 valence electrons. The topological polar surface area (TPSA) is 0 Å². The Morgan fingerprint density at radius 3 is 2.56 bits per heavy atom. The summed E-state index contributed by atoms with van der Waals surface area (Å²) in [6, 6.07) is 6.01. The number of benzene rings is 1. The van der Waals surface area contributed by atoms with Crippen molar-refractivity contribution in [1.29, 1.82) is 0 Å². The minimum absolute atomic E-state index is 1.06. The summed E-state index contributed by atoms with van der Waals surface area (Å²) in [6.07, 6.45) is 0. The number of rotatable bonds is 0. The molecule has 0 unspecified atom stereocenters. The van der Waals surface area contributed by atoms with E-state index in [1.54, 1.807) is 0 Å². The smallest absolute Gasteiger partial charge is 0.0309 e. The summed E-state index contributed by atoms with van der Waals surface area (Å²) < 4.78 is 2.34. The molecule has 0 aliphatic rings. The molecule has 1 aromatic carbocycles. The first-order chi connectivity index (χ1) is 4.20. The van der Waals surface area contributed by atoms with Crippen LogP contribution in [-0.4, -0.2) is 0 Å². The van der Waals surface area contributed by atoms with Gasteiger partial charge in [0.1, 0.15) is 0 Å². The van der Waals surface area contributed by atoms with Crippen molar-refractivity contribution in [2.75, 3.05) is 0 Å². The molecule has 1 radical (unpaired) electrons. The lowest BCUT2D eigenvalue weighted by Gasteiger charge is -1.95. The number of hydrogen-bond donors (Lipinski definition) is 0. The summed E-state index contributed by atoms with van der Waals surface area (Å²) in [5.41, 5.74) is 1.06. The Balaban J connectivity index is 3.17. The standard InChI is InChI=1S/C7H5BrI/c1-5-2-3-6(8)7(9)4-5/h2-4H,1H2. The molecule has 0 fully saturated rings. The highest BCUT2D eigenvalue weighted by atomic mass is 127. The first-order valence-corrected chi connectivity index (χ1v) is 4.34. The second-order valence-electron chi connectivity index (χ2n) is 1.75. The molecule has 0 aliphatic carbocycles. The quantitative estimate of drug-likeness (QED) is 0.645. The van der Waals surface area contributed by atoms with E-state index >= 15 is 0 Å². The van der Waals surface area contributed by atoms with Gasteiger partial charge in [-0.15, -0.1) is 0 Å². The number of hydrogen-bond acceptors (Lipinski definition) is 0. The molecule has 0 bridgehead atoms. The predicted molar refractivity (Wildman–Crippen MR) is 51.3 cm³/mol. The van der Waals surface area contributed by atoms with Gasteiger partial charge in [0, 0.05) is 8.04 Å². The van der Waals surface area contributed by atoms with Gasteiger partial charge in [-0.05, 0) is 63.1 Å². The van der Waals surface area contributed by atoms with Crippen LogP contribution in [0.5, 0.6) is 0 Å². The normalized spacial score (nSPS) is 9.67. The lowest BCUT2D eigenvalue weighted by molar-refractivity contribution is 1.53. The molecular weight excluding hydrogens is 291 g/mol. The van der Waals surface area contributed by atoms with E-state index in [1.165, 1.54) is 3.57 Å². The Bertz CT molecular complexity index is 220. The highest BCUT2D eigenvalue weighted by molar-refractivity contribution is 14.1. The Morgan fingerprint density at radius 2 is 2.11 bits per heavy atom. The molecule has 0 atom stereocenters. The van der Waals surface area contributed by atoms with E-state index < -0.39 is 0 Å². The van der Waals surface area contributed by atoms with Crippen molar-refractivity contribution < 1.29 is 0 Å². The van der Waals surface area contributed by atoms with Crippen molar-refractivity contribution in [2.24, 2.45) is 0 Å². The molecule has 1 rings (SSSR count). The van der Waals surface area contributed by atoms with Gasteiger partial charge in [0.05, 0.1) is 0 Å². The molecule has 2 heteroatoms. The lowest BCUT2D eigenvalue weighted by atomic mass is 10.2. The second kappa shape index (κ2) is 3.01. The molecule has 0 N–H and O–H groups in total. The summed E-state index contributed by atoms with van der Waals surface area (Å²) in [4.78, 5) is 0. The van der Waals surface area contributed by atoms with Crippen molar-refractivity contribution in [1.82, 2.24) is 0 Å². The first-order valence-electron chi connectivity index (χ1n) is 2.47. The fourth-order valence-electron chi connectivity index (χ4n) is 0.540. The zero-order chi connectivity index (χ0) is 6.85. The third kappa shape index (κ3) is 1.93. The van der Waals surface area contributed by atoms with Gasteiger partial charge in [0.25, 0.3) is 0 Å². The SMILES string of the molecule is [CH2]c1ccc(Br)c(I)c1. The van der Waals surface area contributed by atoms with E-state index in [9.17, 15) is 0 Å². The summed E-state index contributed by atoms with van der Waals surface area (Å²) >= 11 is 5.66. The molecular formula is C7H5BrI. The van der Waals surface area contributed by atoms with Gasteiger partial charge in [0.15, 0.2) is 0 Å². The van der Waals surface area contributed by atoms with Crippen molar-refractivity contribution in [3.63, 3.8) is 0 Å². The molecule has 0 nitrogen and oxygen atoms in total. The lowest BCUT2D eigenvalue weighted by Crippen LogP contribution is -1.75. The molecule has 1 aromatic rings. The van der Waals surface area contributed by atoms with Crippen LogP contribution < -0.4 is 0 Å². The first kappa shape index (κ1) is 7.54. The number of halogens is 2. The van der Waals surface area contributed by atoms with Gasteiger partial charge in [-0.1, -0.05) is 6.07 Å². The second-order valence-corrected chi connectivity index (χ2v) is 3.76. The van der Waals surface area contributed by atoms with E-state index in [4.69, 9.17) is 0 Å². The van der Waals surface area contributed by atoms with Gasteiger partial charge >= 0.3 is 0 Å². The Morgan fingerprint density at radius 1 is 1.44 bits per heavy atom. The molecule has 0 saturated carbocycles. The van der Waals surface area contributed by atoms with E-state index in [-0.39, 0.29) is 0 Å². The summed E-state index contributed by atoms with van der Waals surface area (Å²) in [5.74, 6) is 0.